The van der Waals surface area contributed by atoms with E-state index in [2.05, 4.69) is 15.0 Å². The van der Waals surface area contributed by atoms with Gasteiger partial charge in [0.1, 0.15) is 0 Å². The highest BCUT2D eigenvalue weighted by molar-refractivity contribution is 7.90. The second-order valence-corrected chi connectivity index (χ2v) is 10.1. The molecule has 9 nitrogen and oxygen atoms in total. The Morgan fingerprint density at radius 2 is 1.67 bits per heavy atom. The molecule has 30 heavy (non-hydrogen) atoms. The van der Waals surface area contributed by atoms with Crippen LogP contribution in [0.25, 0.3) is 0 Å². The Kier molecular flexibility index (Phi) is 6.12. The lowest BCUT2D eigenvalue weighted by molar-refractivity contribution is -0.118. The van der Waals surface area contributed by atoms with Gasteiger partial charge < -0.3 is 20.4 Å². The molecule has 4 rings (SSSR count). The summed E-state index contributed by atoms with van der Waals surface area (Å²) in [5.41, 5.74) is 0.262. The maximum atomic E-state index is 12.8. The summed E-state index contributed by atoms with van der Waals surface area (Å²) in [6, 6.07) is 0.215. The van der Waals surface area contributed by atoms with Crippen LogP contribution in [0.3, 0.4) is 0 Å². The first-order valence-electron chi connectivity index (χ1n) is 10.8. The molecule has 0 aromatic rings. The van der Waals surface area contributed by atoms with Crippen LogP contribution >= 0.6 is 0 Å². The number of likely N-dealkylation sites (tertiary alicyclic amines) is 1. The van der Waals surface area contributed by atoms with E-state index in [1.54, 1.807) is 23.3 Å². The van der Waals surface area contributed by atoms with E-state index in [4.69, 9.17) is 0 Å². The molecule has 0 atom stereocenters. The Bertz CT molecular complexity index is 881. The highest BCUT2D eigenvalue weighted by Gasteiger charge is 2.32. The molecular formula is C20H29N5O4S. The molecule has 4 aliphatic rings. The number of nitrogens with zero attached hydrogens (tertiary/aromatic N) is 3. The zero-order valence-electron chi connectivity index (χ0n) is 17.0. The number of carbonyl (C=O) groups excluding carboxylic acids is 2. The van der Waals surface area contributed by atoms with Gasteiger partial charge in [-0.15, -0.1) is 4.40 Å². The van der Waals surface area contributed by atoms with E-state index in [1.807, 2.05) is 4.90 Å². The molecule has 0 bridgehead atoms. The number of fused-ring (bicyclic) bond motifs is 1. The van der Waals surface area contributed by atoms with Crippen molar-refractivity contribution in [1.29, 1.82) is 0 Å². The van der Waals surface area contributed by atoms with Crippen LogP contribution in [-0.2, 0) is 14.8 Å². The first kappa shape index (κ1) is 20.9. The molecule has 10 heteroatoms. The fourth-order valence-corrected chi connectivity index (χ4v) is 5.38. The quantitative estimate of drug-likeness (QED) is 0.690. The summed E-state index contributed by atoms with van der Waals surface area (Å²) in [4.78, 5) is 28.8. The fraction of sp³-hybridized carbons (Fsp3) is 0.650. The summed E-state index contributed by atoms with van der Waals surface area (Å²) in [5.74, 6) is -0.201. The number of amides is 3. The first-order chi connectivity index (χ1) is 14.4. The van der Waals surface area contributed by atoms with E-state index in [1.165, 1.54) is 19.3 Å². The molecular weight excluding hydrogens is 406 g/mol. The standard InChI is InChI=1S/C20H29N5O4S/c26-19(17-7-4-10-24-13-14-30(28,29)23-18(17)24)21-16-8-11-25(12-9-16)20(27)22-15-5-2-1-3-6-15/h4,7,10,15-16H,1-3,5-6,8-9,11-14H2,(H,21,26)(H,22,27). The number of carbonyl (C=O) groups is 2. The zero-order chi connectivity index (χ0) is 21.1. The lowest BCUT2D eigenvalue weighted by Crippen LogP contribution is -2.52. The predicted molar refractivity (Wildman–Crippen MR) is 113 cm³/mol. The molecule has 1 aliphatic carbocycles. The molecule has 0 unspecified atom stereocenters. The highest BCUT2D eigenvalue weighted by atomic mass is 32.2. The average Bonchev–Trinajstić information content (AvgIpc) is 2.74. The molecule has 0 radical (unpaired) electrons. The largest absolute Gasteiger partial charge is 0.349 e. The van der Waals surface area contributed by atoms with Crippen LogP contribution in [0.4, 0.5) is 4.79 Å². The Morgan fingerprint density at radius 1 is 0.967 bits per heavy atom. The second-order valence-electron chi connectivity index (χ2n) is 8.34. The number of sulfonamides is 1. The van der Waals surface area contributed by atoms with Gasteiger partial charge in [0.15, 0.2) is 5.84 Å². The van der Waals surface area contributed by atoms with E-state index in [0.717, 1.165) is 12.8 Å². The van der Waals surface area contributed by atoms with Crippen molar-refractivity contribution in [3.63, 3.8) is 0 Å². The number of piperidine rings is 1. The second kappa shape index (κ2) is 8.79. The Morgan fingerprint density at radius 3 is 2.40 bits per heavy atom. The topological polar surface area (TPSA) is 111 Å². The average molecular weight is 436 g/mol. The number of rotatable bonds is 3. The third kappa shape index (κ3) is 4.85. The van der Waals surface area contributed by atoms with E-state index in [-0.39, 0.29) is 47.7 Å². The molecule has 2 fully saturated rings. The van der Waals surface area contributed by atoms with Gasteiger partial charge in [-0.05, 0) is 37.8 Å². The minimum Gasteiger partial charge on any atom is -0.349 e. The summed E-state index contributed by atoms with van der Waals surface area (Å²) in [5, 5.41) is 6.13. The first-order valence-corrected chi connectivity index (χ1v) is 12.4. The third-order valence-corrected chi connectivity index (χ3v) is 7.30. The van der Waals surface area contributed by atoms with Crippen LogP contribution in [0.5, 0.6) is 0 Å². The molecule has 2 N–H and O–H groups in total. The molecule has 0 aromatic heterocycles. The molecule has 0 aromatic carbocycles. The SMILES string of the molecule is O=C(NC1CCN(C(=O)NC2CCCCC2)CC1)C1=CC=CN2CCS(=O)(=O)N=C12. The van der Waals surface area contributed by atoms with E-state index < -0.39 is 10.0 Å². The summed E-state index contributed by atoms with van der Waals surface area (Å²) in [6.45, 7) is 1.46. The molecule has 3 heterocycles. The number of nitrogens with one attached hydrogen (secondary N) is 2. The summed E-state index contributed by atoms with van der Waals surface area (Å²) >= 11 is 0. The van der Waals surface area contributed by atoms with Crippen molar-refractivity contribution in [2.45, 2.75) is 57.0 Å². The third-order valence-electron chi connectivity index (χ3n) is 6.15. The minimum atomic E-state index is -3.54. The Labute approximate surface area is 177 Å². The summed E-state index contributed by atoms with van der Waals surface area (Å²) in [7, 11) is -3.54. The number of hydrogen-bond donors (Lipinski definition) is 2. The number of allylic oxidation sites excluding steroid dienone is 2. The van der Waals surface area contributed by atoms with Crippen LogP contribution in [0.1, 0.15) is 44.9 Å². The highest BCUT2D eigenvalue weighted by Crippen LogP contribution is 2.20. The van der Waals surface area contributed by atoms with Crippen molar-refractivity contribution >= 4 is 27.8 Å². The lowest BCUT2D eigenvalue weighted by Gasteiger charge is -2.35. The van der Waals surface area contributed by atoms with E-state index in [0.29, 0.717) is 25.9 Å². The molecule has 3 aliphatic heterocycles. The predicted octanol–water partition coefficient (Wildman–Crippen LogP) is 1.11. The molecule has 0 spiro atoms. The van der Waals surface area contributed by atoms with Crippen molar-refractivity contribution in [3.8, 4) is 0 Å². The number of amidine groups is 1. The van der Waals surface area contributed by atoms with Crippen molar-refractivity contribution in [3.05, 3.63) is 23.9 Å². The molecule has 1 saturated heterocycles. The van der Waals surface area contributed by atoms with Crippen LogP contribution in [-0.4, -0.2) is 73.5 Å². The Hall–Kier alpha value is -2.36. The number of urea groups is 1. The summed E-state index contributed by atoms with van der Waals surface area (Å²) in [6.07, 6.45) is 12.1. The van der Waals surface area contributed by atoms with Crippen molar-refractivity contribution in [1.82, 2.24) is 20.4 Å². The molecule has 1 saturated carbocycles. The molecule has 164 valence electrons. The monoisotopic (exact) mass is 435 g/mol. The van der Waals surface area contributed by atoms with Crippen LogP contribution in [0, 0.1) is 0 Å². The van der Waals surface area contributed by atoms with Gasteiger partial charge in [0.25, 0.3) is 15.9 Å². The summed E-state index contributed by atoms with van der Waals surface area (Å²) < 4.78 is 27.5. The zero-order valence-corrected chi connectivity index (χ0v) is 17.9. The lowest BCUT2D eigenvalue weighted by atomic mass is 9.95. The van der Waals surface area contributed by atoms with Gasteiger partial charge in [0.05, 0.1) is 11.3 Å². The van der Waals surface area contributed by atoms with Crippen LogP contribution in [0.15, 0.2) is 28.3 Å². The minimum absolute atomic E-state index is 0.00999. The normalized spacial score (nSPS) is 24.5. The van der Waals surface area contributed by atoms with E-state index in [9.17, 15) is 18.0 Å². The van der Waals surface area contributed by atoms with Crippen molar-refractivity contribution < 1.29 is 18.0 Å². The van der Waals surface area contributed by atoms with Crippen molar-refractivity contribution in [2.75, 3.05) is 25.4 Å². The molecule has 3 amide bonds. The fourth-order valence-electron chi connectivity index (χ4n) is 4.40. The van der Waals surface area contributed by atoms with Gasteiger partial charge in [0, 0.05) is 37.9 Å². The number of hydrogen-bond acceptors (Lipinski definition) is 5. The van der Waals surface area contributed by atoms with Gasteiger partial charge in [-0.25, -0.2) is 13.2 Å². The Balaban J connectivity index is 1.30. The van der Waals surface area contributed by atoms with Gasteiger partial charge in [0.2, 0.25) is 0 Å². The van der Waals surface area contributed by atoms with Crippen LogP contribution in [0.2, 0.25) is 0 Å². The van der Waals surface area contributed by atoms with Gasteiger partial charge in [-0.3, -0.25) is 4.79 Å². The smallest absolute Gasteiger partial charge is 0.317 e. The van der Waals surface area contributed by atoms with Gasteiger partial charge >= 0.3 is 6.03 Å². The maximum absolute atomic E-state index is 12.8. The maximum Gasteiger partial charge on any atom is 0.317 e. The van der Waals surface area contributed by atoms with E-state index >= 15 is 0 Å². The van der Waals surface area contributed by atoms with Crippen molar-refractivity contribution in [2.24, 2.45) is 4.40 Å². The van der Waals surface area contributed by atoms with Gasteiger partial charge in [-0.2, -0.15) is 0 Å². The van der Waals surface area contributed by atoms with Gasteiger partial charge in [-0.1, -0.05) is 19.3 Å². The van der Waals surface area contributed by atoms with Crippen LogP contribution < -0.4 is 10.6 Å².